The van der Waals surface area contributed by atoms with Gasteiger partial charge in [-0.3, -0.25) is 4.90 Å². The Kier molecular flexibility index (Phi) is 4.40. The predicted molar refractivity (Wildman–Crippen MR) is 97.5 cm³/mol. The molecule has 7 nitrogen and oxygen atoms in total. The number of hydrogen-bond acceptors (Lipinski definition) is 7. The fraction of sp³-hybridized carbons (Fsp3) is 0.500. The van der Waals surface area contributed by atoms with Crippen molar-refractivity contribution in [3.8, 4) is 0 Å². The van der Waals surface area contributed by atoms with Crippen LogP contribution in [0.1, 0.15) is 18.7 Å². The molecule has 132 valence electrons. The smallest absolute Gasteiger partial charge is 0.205 e. The maximum Gasteiger partial charge on any atom is 0.205 e. The van der Waals surface area contributed by atoms with Crippen LogP contribution in [0.25, 0.3) is 0 Å². The van der Waals surface area contributed by atoms with Crippen molar-refractivity contribution < 1.29 is 0 Å². The van der Waals surface area contributed by atoms with Gasteiger partial charge in [0.15, 0.2) is 0 Å². The number of nitrogens with one attached hydrogen (secondary N) is 1. The van der Waals surface area contributed by atoms with Gasteiger partial charge in [-0.1, -0.05) is 6.58 Å². The van der Waals surface area contributed by atoms with Crippen molar-refractivity contribution in [3.63, 3.8) is 0 Å². The minimum absolute atomic E-state index is 0.805. The lowest BCUT2D eigenvalue weighted by Crippen LogP contribution is -2.53. The van der Waals surface area contributed by atoms with Crippen LogP contribution in [-0.2, 0) is 6.54 Å². The maximum atomic E-state index is 4.90. The SMILES string of the molecule is C=C1NC(N2CCN(Cc3ncccn3)CC2)=NC2=C1CCCN2C. The Morgan fingerprint density at radius 3 is 2.64 bits per heavy atom. The van der Waals surface area contributed by atoms with Crippen LogP contribution in [0.3, 0.4) is 0 Å². The van der Waals surface area contributed by atoms with Crippen LogP contribution in [-0.4, -0.2) is 70.4 Å². The monoisotopic (exact) mass is 339 g/mol. The fourth-order valence-electron chi connectivity index (χ4n) is 3.60. The normalized spacial score (nSPS) is 21.8. The molecule has 0 atom stereocenters. The van der Waals surface area contributed by atoms with Crippen LogP contribution in [0.2, 0.25) is 0 Å². The second-order valence-electron chi connectivity index (χ2n) is 6.79. The van der Waals surface area contributed by atoms with Crippen LogP contribution >= 0.6 is 0 Å². The maximum absolute atomic E-state index is 4.90. The number of aliphatic imine (C=N–C) groups is 1. The van der Waals surface area contributed by atoms with E-state index >= 15 is 0 Å². The van der Waals surface area contributed by atoms with E-state index in [4.69, 9.17) is 4.99 Å². The Labute approximate surface area is 148 Å². The Balaban J connectivity index is 1.41. The van der Waals surface area contributed by atoms with Crippen molar-refractivity contribution in [3.05, 3.63) is 48.0 Å². The molecule has 0 aliphatic carbocycles. The summed E-state index contributed by atoms with van der Waals surface area (Å²) in [6, 6.07) is 1.85. The topological polar surface area (TPSA) is 59.9 Å². The second kappa shape index (κ2) is 6.84. The Morgan fingerprint density at radius 1 is 1.12 bits per heavy atom. The van der Waals surface area contributed by atoms with E-state index in [1.165, 1.54) is 12.0 Å². The summed E-state index contributed by atoms with van der Waals surface area (Å²) < 4.78 is 0. The third-order valence-corrected chi connectivity index (χ3v) is 5.05. The molecular weight excluding hydrogens is 314 g/mol. The number of allylic oxidation sites excluding steroid dienone is 1. The van der Waals surface area contributed by atoms with Crippen LogP contribution in [0.4, 0.5) is 0 Å². The van der Waals surface area contributed by atoms with Crippen LogP contribution in [0, 0.1) is 0 Å². The van der Waals surface area contributed by atoms with Gasteiger partial charge in [0.05, 0.1) is 6.54 Å². The molecule has 4 heterocycles. The average Bonchev–Trinajstić information content (AvgIpc) is 2.64. The van der Waals surface area contributed by atoms with Gasteiger partial charge in [0.2, 0.25) is 5.96 Å². The van der Waals surface area contributed by atoms with Crippen molar-refractivity contribution >= 4 is 5.96 Å². The molecule has 0 radical (unpaired) electrons. The van der Waals surface area contributed by atoms with E-state index < -0.39 is 0 Å². The summed E-state index contributed by atoms with van der Waals surface area (Å²) in [5, 5.41) is 3.42. The highest BCUT2D eigenvalue weighted by Gasteiger charge is 2.28. The van der Waals surface area contributed by atoms with Crippen molar-refractivity contribution in [2.75, 3.05) is 39.8 Å². The fourth-order valence-corrected chi connectivity index (χ4v) is 3.60. The van der Waals surface area contributed by atoms with Gasteiger partial charge >= 0.3 is 0 Å². The quantitative estimate of drug-likeness (QED) is 0.868. The number of rotatable bonds is 2. The number of guanidine groups is 1. The lowest BCUT2D eigenvalue weighted by atomic mass is 10.0. The highest BCUT2D eigenvalue weighted by molar-refractivity contribution is 5.85. The molecule has 4 rings (SSSR count). The van der Waals surface area contributed by atoms with E-state index in [0.29, 0.717) is 0 Å². The van der Waals surface area contributed by atoms with E-state index in [9.17, 15) is 0 Å². The third-order valence-electron chi connectivity index (χ3n) is 5.05. The van der Waals surface area contributed by atoms with Gasteiger partial charge < -0.3 is 15.1 Å². The van der Waals surface area contributed by atoms with E-state index in [-0.39, 0.29) is 0 Å². The van der Waals surface area contributed by atoms with Crippen LogP contribution in [0.15, 0.2) is 47.1 Å². The van der Waals surface area contributed by atoms with Crippen molar-refractivity contribution in [2.24, 2.45) is 4.99 Å². The molecule has 1 aromatic heterocycles. The molecule has 7 heteroatoms. The van der Waals surface area contributed by atoms with Crippen molar-refractivity contribution in [2.45, 2.75) is 19.4 Å². The standard InChI is InChI=1S/C18H25N7/c1-14-15-5-3-8-23(2)17(15)22-18(21-14)25-11-9-24(10-12-25)13-16-19-6-4-7-20-16/h4,6-7H,1,3,5,8-13H2,2H3,(H,21,22). The molecule has 0 spiro atoms. The molecule has 0 amide bonds. The lowest BCUT2D eigenvalue weighted by Gasteiger charge is -2.39. The predicted octanol–water partition coefficient (Wildman–Crippen LogP) is 1.00. The zero-order valence-electron chi connectivity index (χ0n) is 14.8. The van der Waals surface area contributed by atoms with Gasteiger partial charge in [0.1, 0.15) is 11.6 Å². The molecule has 3 aliphatic rings. The van der Waals surface area contributed by atoms with E-state index in [0.717, 1.165) is 69.0 Å². The number of piperazine rings is 1. The first-order valence-corrected chi connectivity index (χ1v) is 8.93. The molecular formula is C18H25N7. The summed E-state index contributed by atoms with van der Waals surface area (Å²) in [6.45, 7) is 9.93. The van der Waals surface area contributed by atoms with E-state index in [1.54, 1.807) is 12.4 Å². The summed E-state index contributed by atoms with van der Waals surface area (Å²) in [6.07, 6.45) is 5.84. The van der Waals surface area contributed by atoms with Crippen molar-refractivity contribution in [1.29, 1.82) is 0 Å². The average molecular weight is 339 g/mol. The van der Waals surface area contributed by atoms with Gasteiger partial charge in [-0.05, 0) is 18.9 Å². The lowest BCUT2D eigenvalue weighted by molar-refractivity contribution is 0.169. The van der Waals surface area contributed by atoms with Gasteiger partial charge in [0, 0.05) is 63.4 Å². The summed E-state index contributed by atoms with van der Waals surface area (Å²) >= 11 is 0. The highest BCUT2D eigenvalue weighted by Crippen LogP contribution is 2.29. The first-order chi connectivity index (χ1) is 12.2. The Bertz CT molecular complexity index is 701. The van der Waals surface area contributed by atoms with E-state index in [1.807, 2.05) is 6.07 Å². The Hall–Kier alpha value is -2.41. The summed E-state index contributed by atoms with van der Waals surface area (Å²) in [5.74, 6) is 2.91. The summed E-state index contributed by atoms with van der Waals surface area (Å²) in [5.41, 5.74) is 2.27. The van der Waals surface area contributed by atoms with Gasteiger partial charge in [-0.15, -0.1) is 0 Å². The molecule has 0 bridgehead atoms. The number of nitrogens with zero attached hydrogens (tertiary/aromatic N) is 6. The molecule has 1 N–H and O–H groups in total. The van der Waals surface area contributed by atoms with E-state index in [2.05, 4.69) is 43.6 Å². The summed E-state index contributed by atoms with van der Waals surface area (Å²) in [7, 11) is 2.12. The minimum Gasteiger partial charge on any atom is -0.359 e. The molecule has 1 aromatic rings. The van der Waals surface area contributed by atoms with Crippen LogP contribution < -0.4 is 5.32 Å². The zero-order chi connectivity index (χ0) is 17.2. The largest absolute Gasteiger partial charge is 0.359 e. The Morgan fingerprint density at radius 2 is 1.88 bits per heavy atom. The molecule has 1 saturated heterocycles. The zero-order valence-corrected chi connectivity index (χ0v) is 14.8. The number of aromatic nitrogens is 2. The minimum atomic E-state index is 0.805. The molecule has 3 aliphatic heterocycles. The first-order valence-electron chi connectivity index (χ1n) is 8.93. The van der Waals surface area contributed by atoms with Gasteiger partial charge in [0.25, 0.3) is 0 Å². The molecule has 0 saturated carbocycles. The highest BCUT2D eigenvalue weighted by atomic mass is 15.4. The molecule has 1 fully saturated rings. The molecule has 0 unspecified atom stereocenters. The summed E-state index contributed by atoms with van der Waals surface area (Å²) in [4.78, 5) is 20.5. The third kappa shape index (κ3) is 3.37. The first kappa shape index (κ1) is 16.1. The molecule has 0 aromatic carbocycles. The van der Waals surface area contributed by atoms with Crippen molar-refractivity contribution in [1.82, 2.24) is 30.0 Å². The van der Waals surface area contributed by atoms with Gasteiger partial charge in [-0.2, -0.15) is 4.99 Å². The molecule has 25 heavy (non-hydrogen) atoms. The van der Waals surface area contributed by atoms with Crippen LogP contribution in [0.5, 0.6) is 0 Å². The number of hydrogen-bond donors (Lipinski definition) is 1. The second-order valence-corrected chi connectivity index (χ2v) is 6.79. The van der Waals surface area contributed by atoms with Gasteiger partial charge in [-0.25, -0.2) is 9.97 Å².